The lowest BCUT2D eigenvalue weighted by molar-refractivity contribution is 0.0795. The van der Waals surface area contributed by atoms with Gasteiger partial charge in [0.15, 0.2) is 11.5 Å². The van der Waals surface area contributed by atoms with Gasteiger partial charge >= 0.3 is 11.7 Å². The van der Waals surface area contributed by atoms with E-state index >= 15 is 0 Å². The van der Waals surface area contributed by atoms with Crippen LogP contribution in [0.2, 0.25) is 0 Å². The van der Waals surface area contributed by atoms with Gasteiger partial charge in [-0.15, -0.1) is 0 Å². The molecule has 162 valence electrons. The molecule has 0 spiro atoms. The number of hydrogen-bond acceptors (Lipinski definition) is 8. The van der Waals surface area contributed by atoms with Gasteiger partial charge < -0.3 is 30.6 Å². The van der Waals surface area contributed by atoms with Gasteiger partial charge in [-0.2, -0.15) is 9.97 Å². The molecule has 0 saturated heterocycles. The molecule has 10 heteroatoms. The van der Waals surface area contributed by atoms with E-state index in [4.69, 9.17) is 15.2 Å². The second kappa shape index (κ2) is 8.72. The zero-order chi connectivity index (χ0) is 21.9. The second-order valence-corrected chi connectivity index (χ2v) is 7.60. The van der Waals surface area contributed by atoms with E-state index in [1.807, 2.05) is 25.1 Å². The van der Waals surface area contributed by atoms with Gasteiger partial charge in [0.05, 0.1) is 25.9 Å². The lowest BCUT2D eigenvalue weighted by Crippen LogP contribution is -2.34. The Hall–Kier alpha value is -3.11. The quantitative estimate of drug-likeness (QED) is 0.405. The number of nitrogen functional groups attached to an aromatic ring is 1. The van der Waals surface area contributed by atoms with Crippen LogP contribution in [-0.4, -0.2) is 50.5 Å². The first-order valence-corrected chi connectivity index (χ1v) is 9.69. The van der Waals surface area contributed by atoms with Gasteiger partial charge in [0.25, 0.3) is 0 Å². The molecule has 0 aliphatic rings. The number of ether oxygens (including phenoxy) is 2. The minimum atomic E-state index is -0.787. The number of nitrogens with zero attached hydrogens (tertiary/aromatic N) is 3. The van der Waals surface area contributed by atoms with Gasteiger partial charge in [-0.05, 0) is 32.4 Å². The third kappa shape index (κ3) is 4.89. The summed E-state index contributed by atoms with van der Waals surface area (Å²) < 4.78 is 12.4. The standard InChI is InChI=1S/C20H28N6O4/c1-5-30-18-24-16(21)15-17(25-18)26(19(27)23-15)10-13-7-6-12(8-14(13)29-4)9-22-11-20(2,3)28/h6-8,22,28H,5,9-11H2,1-4H3,(H,23,27)(H2,21,24,25). The van der Waals surface area contributed by atoms with E-state index < -0.39 is 5.60 Å². The summed E-state index contributed by atoms with van der Waals surface area (Å²) in [6.45, 7) is 6.97. The van der Waals surface area contributed by atoms with Crippen LogP contribution in [0.3, 0.4) is 0 Å². The largest absolute Gasteiger partial charge is 0.496 e. The Morgan fingerprint density at radius 1 is 1.33 bits per heavy atom. The van der Waals surface area contributed by atoms with Crippen LogP contribution in [0.4, 0.5) is 5.82 Å². The highest BCUT2D eigenvalue weighted by atomic mass is 16.5. The monoisotopic (exact) mass is 416 g/mol. The van der Waals surface area contributed by atoms with Crippen molar-refractivity contribution in [3.8, 4) is 11.8 Å². The van der Waals surface area contributed by atoms with E-state index in [0.717, 1.165) is 11.1 Å². The Morgan fingerprint density at radius 2 is 2.10 bits per heavy atom. The normalized spacial score (nSPS) is 11.8. The molecular formula is C20H28N6O4. The topological polar surface area (TPSA) is 140 Å². The molecule has 10 nitrogen and oxygen atoms in total. The van der Waals surface area contributed by atoms with E-state index in [1.54, 1.807) is 21.0 Å². The van der Waals surface area contributed by atoms with Crippen LogP contribution in [0, 0.1) is 0 Å². The SMILES string of the molecule is CCOc1nc(N)c2[nH]c(=O)n(Cc3ccc(CNCC(C)(C)O)cc3OC)c2n1. The number of aliphatic hydroxyl groups is 1. The summed E-state index contributed by atoms with van der Waals surface area (Å²) in [5, 5.41) is 13.0. The predicted octanol–water partition coefficient (Wildman–Crippen LogP) is 1.02. The maximum atomic E-state index is 12.5. The van der Waals surface area contributed by atoms with E-state index in [0.29, 0.717) is 36.6 Å². The van der Waals surface area contributed by atoms with Crippen LogP contribution in [0.25, 0.3) is 11.2 Å². The van der Waals surface area contributed by atoms with Gasteiger partial charge in [-0.3, -0.25) is 4.57 Å². The molecule has 2 aromatic heterocycles. The Morgan fingerprint density at radius 3 is 2.77 bits per heavy atom. The van der Waals surface area contributed by atoms with Crippen molar-refractivity contribution in [2.75, 3.05) is 26.0 Å². The Bertz CT molecular complexity index is 1080. The fraction of sp³-hybridized carbons (Fsp3) is 0.450. The molecule has 5 N–H and O–H groups in total. The zero-order valence-corrected chi connectivity index (χ0v) is 17.7. The van der Waals surface area contributed by atoms with Crippen molar-refractivity contribution in [2.24, 2.45) is 0 Å². The minimum Gasteiger partial charge on any atom is -0.496 e. The number of anilines is 1. The third-order valence-corrected chi connectivity index (χ3v) is 4.47. The van der Waals surface area contributed by atoms with Crippen molar-refractivity contribution in [1.29, 1.82) is 0 Å². The summed E-state index contributed by atoms with van der Waals surface area (Å²) >= 11 is 0. The van der Waals surface area contributed by atoms with Gasteiger partial charge in [0, 0.05) is 18.7 Å². The van der Waals surface area contributed by atoms with Crippen molar-refractivity contribution in [3.63, 3.8) is 0 Å². The molecule has 0 bridgehead atoms. The van der Waals surface area contributed by atoms with Crippen molar-refractivity contribution in [1.82, 2.24) is 24.8 Å². The van der Waals surface area contributed by atoms with E-state index in [2.05, 4.69) is 20.3 Å². The van der Waals surface area contributed by atoms with Crippen LogP contribution in [0.5, 0.6) is 11.8 Å². The van der Waals surface area contributed by atoms with Crippen LogP contribution in [0.1, 0.15) is 31.9 Å². The molecule has 0 fully saturated rings. The summed E-state index contributed by atoms with van der Waals surface area (Å²) in [5.74, 6) is 0.797. The third-order valence-electron chi connectivity index (χ3n) is 4.47. The number of hydrogen-bond donors (Lipinski definition) is 4. The summed E-state index contributed by atoms with van der Waals surface area (Å²) in [4.78, 5) is 23.6. The second-order valence-electron chi connectivity index (χ2n) is 7.60. The first-order valence-electron chi connectivity index (χ1n) is 9.69. The highest BCUT2D eigenvalue weighted by molar-refractivity contribution is 5.82. The number of aromatic amines is 1. The van der Waals surface area contributed by atoms with Crippen molar-refractivity contribution < 1.29 is 14.6 Å². The fourth-order valence-corrected chi connectivity index (χ4v) is 3.08. The number of nitrogens with two attached hydrogens (primary N) is 1. The van der Waals surface area contributed by atoms with E-state index in [9.17, 15) is 9.90 Å². The summed E-state index contributed by atoms with van der Waals surface area (Å²) in [6, 6.07) is 5.88. The van der Waals surface area contributed by atoms with Crippen molar-refractivity contribution >= 4 is 17.0 Å². The first-order chi connectivity index (χ1) is 14.2. The molecule has 3 rings (SSSR count). The Balaban J connectivity index is 1.89. The molecule has 0 aliphatic heterocycles. The average molecular weight is 416 g/mol. The molecule has 0 saturated carbocycles. The fourth-order valence-electron chi connectivity index (χ4n) is 3.08. The lowest BCUT2D eigenvalue weighted by Gasteiger charge is -2.18. The molecule has 3 aromatic rings. The van der Waals surface area contributed by atoms with E-state index in [-0.39, 0.29) is 24.1 Å². The summed E-state index contributed by atoms with van der Waals surface area (Å²) in [5.41, 5.74) is 7.36. The number of aromatic nitrogens is 4. The number of fused-ring (bicyclic) bond motifs is 1. The van der Waals surface area contributed by atoms with Gasteiger partial charge in [0.2, 0.25) is 0 Å². The molecule has 0 aliphatic carbocycles. The number of imidazole rings is 1. The molecule has 1 aromatic carbocycles. The molecule has 30 heavy (non-hydrogen) atoms. The number of rotatable bonds is 9. The molecular weight excluding hydrogens is 388 g/mol. The molecule has 0 amide bonds. The smallest absolute Gasteiger partial charge is 0.328 e. The summed E-state index contributed by atoms with van der Waals surface area (Å²) in [7, 11) is 1.58. The highest BCUT2D eigenvalue weighted by Gasteiger charge is 2.17. The average Bonchev–Trinajstić information content (AvgIpc) is 2.98. The zero-order valence-electron chi connectivity index (χ0n) is 17.7. The maximum Gasteiger partial charge on any atom is 0.328 e. The first kappa shape index (κ1) is 21.6. The Labute approximate surface area is 174 Å². The van der Waals surface area contributed by atoms with Gasteiger partial charge in [-0.25, -0.2) is 4.79 Å². The summed E-state index contributed by atoms with van der Waals surface area (Å²) in [6.07, 6.45) is 0. The van der Waals surface area contributed by atoms with E-state index in [1.165, 1.54) is 4.57 Å². The van der Waals surface area contributed by atoms with Crippen LogP contribution >= 0.6 is 0 Å². The number of nitrogens with one attached hydrogen (secondary N) is 2. The minimum absolute atomic E-state index is 0.121. The number of methoxy groups -OCH3 is 1. The Kier molecular flexibility index (Phi) is 6.28. The van der Waals surface area contributed by atoms with Crippen LogP contribution < -0.4 is 26.2 Å². The predicted molar refractivity (Wildman–Crippen MR) is 114 cm³/mol. The van der Waals surface area contributed by atoms with Gasteiger partial charge in [0.1, 0.15) is 11.3 Å². The van der Waals surface area contributed by atoms with Crippen molar-refractivity contribution in [3.05, 3.63) is 39.8 Å². The number of H-pyrrole nitrogens is 1. The molecule has 2 heterocycles. The van der Waals surface area contributed by atoms with Crippen LogP contribution in [0.15, 0.2) is 23.0 Å². The molecule has 0 atom stereocenters. The maximum absolute atomic E-state index is 12.5. The van der Waals surface area contributed by atoms with Gasteiger partial charge in [-0.1, -0.05) is 12.1 Å². The van der Waals surface area contributed by atoms with Crippen LogP contribution in [-0.2, 0) is 13.1 Å². The molecule has 0 radical (unpaired) electrons. The van der Waals surface area contributed by atoms with Crippen molar-refractivity contribution in [2.45, 2.75) is 39.5 Å². The highest BCUT2D eigenvalue weighted by Crippen LogP contribution is 2.24. The lowest BCUT2D eigenvalue weighted by atomic mass is 10.1. The molecule has 0 unspecified atom stereocenters. The number of benzene rings is 1.